The number of halogens is 2. The summed E-state index contributed by atoms with van der Waals surface area (Å²) in [6.45, 7) is 0.778. The summed E-state index contributed by atoms with van der Waals surface area (Å²) >= 11 is 12.0. The van der Waals surface area contributed by atoms with Gasteiger partial charge < -0.3 is 5.32 Å². The van der Waals surface area contributed by atoms with E-state index in [9.17, 15) is 0 Å². The molecule has 0 aliphatic carbocycles. The number of nitrogens with one attached hydrogen (secondary N) is 1. The Kier molecular flexibility index (Phi) is 4.23. The molecule has 0 amide bonds. The molecule has 0 atom stereocenters. The molecule has 106 valence electrons. The summed E-state index contributed by atoms with van der Waals surface area (Å²) in [5.41, 5.74) is 1.99. The largest absolute Gasteiger partial charge is 0.369 e. The molecule has 0 spiro atoms. The van der Waals surface area contributed by atoms with E-state index in [0.717, 1.165) is 34.7 Å². The first-order valence-electron chi connectivity index (χ1n) is 6.61. The number of nitrogens with zero attached hydrogens (tertiary/aromatic N) is 2. The lowest BCUT2D eigenvalue weighted by Crippen LogP contribution is -2.07. The Hall–Kier alpha value is -1.84. The van der Waals surface area contributed by atoms with Gasteiger partial charge in [0.2, 0.25) is 0 Å². The van der Waals surface area contributed by atoms with Crippen LogP contribution in [0.2, 0.25) is 10.0 Å². The Morgan fingerprint density at radius 1 is 0.952 bits per heavy atom. The highest BCUT2D eigenvalue weighted by molar-refractivity contribution is 6.35. The van der Waals surface area contributed by atoms with Crippen LogP contribution in [0.15, 0.2) is 48.8 Å². The van der Waals surface area contributed by atoms with Crippen molar-refractivity contribution in [2.75, 3.05) is 11.9 Å². The molecule has 0 radical (unpaired) electrons. The molecule has 0 saturated heterocycles. The predicted molar refractivity (Wildman–Crippen MR) is 88.2 cm³/mol. The summed E-state index contributed by atoms with van der Waals surface area (Å²) in [7, 11) is 0. The predicted octanol–water partition coefficient (Wildman–Crippen LogP) is 4.59. The zero-order valence-corrected chi connectivity index (χ0v) is 12.7. The lowest BCUT2D eigenvalue weighted by atomic mass is 10.1. The Morgan fingerprint density at radius 2 is 1.76 bits per heavy atom. The van der Waals surface area contributed by atoms with Crippen LogP contribution in [0.25, 0.3) is 10.9 Å². The molecular weight excluding hydrogens is 305 g/mol. The molecule has 3 aromatic rings. The van der Waals surface area contributed by atoms with Crippen molar-refractivity contribution in [3.05, 3.63) is 64.4 Å². The molecule has 3 nitrogen and oxygen atoms in total. The third-order valence-corrected chi connectivity index (χ3v) is 3.79. The van der Waals surface area contributed by atoms with E-state index in [2.05, 4.69) is 15.3 Å². The normalized spacial score (nSPS) is 10.8. The molecule has 21 heavy (non-hydrogen) atoms. The van der Waals surface area contributed by atoms with Gasteiger partial charge in [-0.1, -0.05) is 41.4 Å². The first-order valence-corrected chi connectivity index (χ1v) is 7.37. The van der Waals surface area contributed by atoms with Gasteiger partial charge in [-0.3, -0.25) is 0 Å². The quantitative estimate of drug-likeness (QED) is 0.764. The van der Waals surface area contributed by atoms with Crippen LogP contribution in [0, 0.1) is 0 Å². The first kappa shape index (κ1) is 14.1. The monoisotopic (exact) mass is 317 g/mol. The fourth-order valence-electron chi connectivity index (χ4n) is 2.17. The smallest absolute Gasteiger partial charge is 0.137 e. The summed E-state index contributed by atoms with van der Waals surface area (Å²) < 4.78 is 0. The van der Waals surface area contributed by atoms with Crippen LogP contribution in [0.5, 0.6) is 0 Å². The summed E-state index contributed by atoms with van der Waals surface area (Å²) in [5.74, 6) is 0.802. The van der Waals surface area contributed by atoms with Gasteiger partial charge in [0.15, 0.2) is 0 Å². The number of fused-ring (bicyclic) bond motifs is 1. The fourth-order valence-corrected chi connectivity index (χ4v) is 2.52. The maximum Gasteiger partial charge on any atom is 0.137 e. The highest BCUT2D eigenvalue weighted by Gasteiger charge is 2.05. The number of anilines is 1. The van der Waals surface area contributed by atoms with E-state index in [1.54, 1.807) is 0 Å². The van der Waals surface area contributed by atoms with Gasteiger partial charge in [0.1, 0.15) is 12.1 Å². The molecule has 5 heteroatoms. The number of hydrogen-bond donors (Lipinski definition) is 1. The molecule has 0 unspecified atom stereocenters. The minimum Gasteiger partial charge on any atom is -0.369 e. The van der Waals surface area contributed by atoms with Crippen molar-refractivity contribution in [2.24, 2.45) is 0 Å². The van der Waals surface area contributed by atoms with Gasteiger partial charge in [-0.05, 0) is 36.2 Å². The second-order valence-corrected chi connectivity index (χ2v) is 5.51. The van der Waals surface area contributed by atoms with Crippen molar-refractivity contribution in [3.8, 4) is 0 Å². The maximum atomic E-state index is 6.14. The van der Waals surface area contributed by atoms with Crippen molar-refractivity contribution < 1.29 is 0 Å². The zero-order chi connectivity index (χ0) is 14.7. The Labute approximate surface area is 132 Å². The molecule has 1 N–H and O–H groups in total. The lowest BCUT2D eigenvalue weighted by molar-refractivity contribution is 1.01. The molecule has 1 heterocycles. The molecule has 0 saturated carbocycles. The van der Waals surface area contributed by atoms with Crippen molar-refractivity contribution in [1.82, 2.24) is 9.97 Å². The van der Waals surface area contributed by atoms with Crippen molar-refractivity contribution in [3.63, 3.8) is 0 Å². The van der Waals surface area contributed by atoms with Crippen molar-refractivity contribution >= 4 is 39.9 Å². The van der Waals surface area contributed by atoms with Crippen LogP contribution in [-0.4, -0.2) is 16.5 Å². The fraction of sp³-hybridized carbons (Fsp3) is 0.125. The van der Waals surface area contributed by atoms with Crippen LogP contribution in [-0.2, 0) is 6.42 Å². The number of aromatic nitrogens is 2. The third-order valence-electron chi connectivity index (χ3n) is 3.23. The van der Waals surface area contributed by atoms with E-state index < -0.39 is 0 Å². The Bertz CT molecular complexity index is 757. The van der Waals surface area contributed by atoms with Crippen molar-refractivity contribution in [2.45, 2.75) is 6.42 Å². The van der Waals surface area contributed by atoms with E-state index in [1.807, 2.05) is 42.5 Å². The second-order valence-electron chi connectivity index (χ2n) is 4.66. The number of benzene rings is 2. The Balaban J connectivity index is 1.73. The van der Waals surface area contributed by atoms with Gasteiger partial charge in [0.05, 0.1) is 10.5 Å². The molecule has 0 fully saturated rings. The third kappa shape index (κ3) is 3.26. The Morgan fingerprint density at radius 3 is 2.57 bits per heavy atom. The molecule has 1 aromatic heterocycles. The molecule has 0 aliphatic rings. The van der Waals surface area contributed by atoms with E-state index in [1.165, 1.54) is 11.9 Å². The number of hydrogen-bond acceptors (Lipinski definition) is 3. The van der Waals surface area contributed by atoms with Crippen LogP contribution < -0.4 is 5.32 Å². The summed E-state index contributed by atoms with van der Waals surface area (Å²) in [6, 6.07) is 13.5. The molecule has 0 bridgehead atoms. The summed E-state index contributed by atoms with van der Waals surface area (Å²) in [5, 5.41) is 5.65. The van der Waals surface area contributed by atoms with Crippen LogP contribution in [0.4, 0.5) is 5.82 Å². The van der Waals surface area contributed by atoms with E-state index in [4.69, 9.17) is 23.2 Å². The average Bonchev–Trinajstić information content (AvgIpc) is 2.50. The van der Waals surface area contributed by atoms with E-state index >= 15 is 0 Å². The van der Waals surface area contributed by atoms with E-state index in [0.29, 0.717) is 5.02 Å². The molecule has 0 aliphatic heterocycles. The standard InChI is InChI=1S/C16H13Cl2N3/c17-12-6-4-11(5-7-12)8-9-19-16-13-2-1-3-14(18)15(13)20-10-21-16/h1-7,10H,8-9H2,(H,19,20,21). The zero-order valence-electron chi connectivity index (χ0n) is 11.2. The van der Waals surface area contributed by atoms with Gasteiger partial charge in [0, 0.05) is 17.0 Å². The van der Waals surface area contributed by atoms with Gasteiger partial charge >= 0.3 is 0 Å². The highest BCUT2D eigenvalue weighted by Crippen LogP contribution is 2.25. The average molecular weight is 318 g/mol. The van der Waals surface area contributed by atoms with E-state index in [-0.39, 0.29) is 0 Å². The van der Waals surface area contributed by atoms with Gasteiger partial charge in [-0.2, -0.15) is 0 Å². The topological polar surface area (TPSA) is 37.8 Å². The van der Waals surface area contributed by atoms with Gasteiger partial charge in [-0.15, -0.1) is 0 Å². The highest BCUT2D eigenvalue weighted by atomic mass is 35.5. The molecular formula is C16H13Cl2N3. The first-order chi connectivity index (χ1) is 10.2. The van der Waals surface area contributed by atoms with Crippen molar-refractivity contribution in [1.29, 1.82) is 0 Å². The number of rotatable bonds is 4. The maximum absolute atomic E-state index is 6.14. The van der Waals surface area contributed by atoms with Gasteiger partial charge in [-0.25, -0.2) is 9.97 Å². The summed E-state index contributed by atoms with van der Waals surface area (Å²) in [4.78, 5) is 8.51. The minimum atomic E-state index is 0.635. The van der Waals surface area contributed by atoms with Gasteiger partial charge in [0.25, 0.3) is 0 Å². The second kappa shape index (κ2) is 6.29. The minimum absolute atomic E-state index is 0.635. The van der Waals surface area contributed by atoms with Crippen LogP contribution in [0.1, 0.15) is 5.56 Å². The van der Waals surface area contributed by atoms with Crippen LogP contribution >= 0.6 is 23.2 Å². The molecule has 3 rings (SSSR count). The number of para-hydroxylation sites is 1. The lowest BCUT2D eigenvalue weighted by Gasteiger charge is -2.09. The molecule has 2 aromatic carbocycles. The summed E-state index contributed by atoms with van der Waals surface area (Å²) in [6.07, 6.45) is 2.42. The van der Waals surface area contributed by atoms with Crippen LogP contribution in [0.3, 0.4) is 0 Å². The SMILES string of the molecule is Clc1ccc(CCNc2ncnc3c(Cl)cccc23)cc1.